The molecule has 7 aromatic carbocycles. The van der Waals surface area contributed by atoms with Gasteiger partial charge in [-0.3, -0.25) is 63.4 Å². The molecule has 5 aromatic heterocycles. The normalized spacial score (nSPS) is 21.4. The lowest BCUT2D eigenvalue weighted by atomic mass is 9.91. The van der Waals surface area contributed by atoms with Gasteiger partial charge in [0.1, 0.15) is 45.1 Å². The van der Waals surface area contributed by atoms with Crippen LogP contribution in [0.25, 0.3) is 44.1 Å². The average molecular weight is 1990 g/mol. The molecule has 7 fully saturated rings. The minimum Gasteiger partial charge on any atom is -0.506 e. The Labute approximate surface area is 798 Å². The summed E-state index contributed by atoms with van der Waals surface area (Å²) in [6.07, 6.45) is 33.7. The van der Waals surface area contributed by atoms with Crippen LogP contribution in [-0.4, -0.2) is 239 Å². The number of ether oxygens (including phenoxy) is 6. The molecule has 6 amide bonds. The number of imide groups is 3. The maximum Gasteiger partial charge on any atom is 0.332 e. The number of amides is 6. The number of fused-ring (bicyclic) bond motifs is 7. The molecule has 12 aromatic rings. The van der Waals surface area contributed by atoms with E-state index in [0.717, 1.165) is 201 Å². The van der Waals surface area contributed by atoms with E-state index in [0.29, 0.717) is 95.1 Å². The van der Waals surface area contributed by atoms with Crippen molar-refractivity contribution >= 4 is 133 Å². The van der Waals surface area contributed by atoms with Crippen LogP contribution in [0.2, 0.25) is 0 Å². The molecule has 0 atom stereocenters. The average Bonchev–Trinajstić information content (AvgIpc) is 1.64. The van der Waals surface area contributed by atoms with Gasteiger partial charge in [0, 0.05) is 158 Å². The van der Waals surface area contributed by atoms with Crippen LogP contribution in [0.3, 0.4) is 0 Å². The second-order valence-corrected chi connectivity index (χ2v) is 37.3. The number of halogens is 2. The molecule has 0 radical (unpaired) electrons. The smallest absolute Gasteiger partial charge is 0.332 e. The van der Waals surface area contributed by atoms with E-state index in [4.69, 9.17) is 34.2 Å². The van der Waals surface area contributed by atoms with Gasteiger partial charge in [0.15, 0.2) is 0 Å². The summed E-state index contributed by atoms with van der Waals surface area (Å²) in [6, 6.07) is 38.1. The Balaban J connectivity index is 0.000000126. The fourth-order valence-electron chi connectivity index (χ4n) is 18.0. The van der Waals surface area contributed by atoms with Gasteiger partial charge in [-0.25, -0.2) is 29.9 Å². The molecule has 4 saturated carbocycles. The molecule has 11 heterocycles. The van der Waals surface area contributed by atoms with Gasteiger partial charge in [0.05, 0.1) is 113 Å². The number of phenols is 1. The number of benzene rings is 7. The summed E-state index contributed by atoms with van der Waals surface area (Å²) in [7, 11) is -3.50. The number of nitrogens with two attached hydrogens (primary N) is 1. The van der Waals surface area contributed by atoms with E-state index in [1.165, 1.54) is 46.4 Å². The van der Waals surface area contributed by atoms with Crippen molar-refractivity contribution in [3.8, 4) is 29.0 Å². The molecule has 3 saturated heterocycles. The molecule has 135 heavy (non-hydrogen) atoms. The zero-order valence-electron chi connectivity index (χ0n) is 74.0. The molecule has 10 aliphatic rings. The second kappa shape index (κ2) is 45.8. The number of carbonyl (C=O) groups excluding carboxylic acids is 6. The van der Waals surface area contributed by atoms with E-state index in [2.05, 4.69) is 120 Å². The van der Waals surface area contributed by atoms with Crippen LogP contribution in [0.5, 0.6) is 29.0 Å². The topological polar surface area (TPSA) is 413 Å². The number of rotatable bonds is 13. The van der Waals surface area contributed by atoms with Crippen molar-refractivity contribution in [2.24, 2.45) is 5.73 Å². The van der Waals surface area contributed by atoms with Gasteiger partial charge >= 0.3 is 16.1 Å². The first-order valence-corrected chi connectivity index (χ1v) is 48.8. The van der Waals surface area contributed by atoms with Crippen LogP contribution in [-0.2, 0) is 24.3 Å². The van der Waals surface area contributed by atoms with E-state index in [-0.39, 0.29) is 97.2 Å². The van der Waals surface area contributed by atoms with E-state index in [9.17, 15) is 47.4 Å². The number of aromatic hydroxyl groups is 1. The Hall–Kier alpha value is -12.3. The quantitative estimate of drug-likeness (QED) is 0.0713. The summed E-state index contributed by atoms with van der Waals surface area (Å²) in [4.78, 5) is 126. The van der Waals surface area contributed by atoms with Gasteiger partial charge in [-0.2, -0.15) is 8.42 Å². The standard InChI is InChI=1S/C26H26N4O4.C22H18BrN3O3.C18H24N4O2.C14H15NO3.C8H5BrN2O.C5H6N2O3S.C5H10O.CH4/c31-25-20-3-1-2-4-21(20)26(32)30(25)17-5-7-19(8-6-17)34-23-16-18(29-11-13-33-14-12-29)15-22-24(23)28-10-9-27-22;23-13-11-18-20(25-10-9-24-18)19(12-13)29-15-7-5-14(6-8-15)26-21(27)16-3-1-2-4-17(16)22(26)28;19-13-1-3-15(4-2-13)24-17-12-14(22-7-9-23-10-8-22)11-16-18(17)21-6-5-20-16;16-10-7-5-9(6-8-10)15-13(17)11-3-1-2-4-12(11)14(15)18;9-5-3-6-8(7(12)4-5)11-2-1-10-6;1-11(8,9)10-5-6-3-2-4-7-5;1-2-4-6-5-3-1;/h1-4,9-10,15-17,19H,5-8,11-14H2;1-4,9-12,14-15H,5-8H2;5-6,11-13,15H,1-4,7-10,19H2;1-4,9-10,16H,5-8H2;1-4,12H;2-4H,1H3;1-5H2;1H4. The molecule has 22 rings (SSSR count). The number of phenolic OH excluding ortho intramolecular Hbond substituents is 1. The molecular formula is C99H108Br2N16O17S. The van der Waals surface area contributed by atoms with Crippen molar-refractivity contribution in [3.05, 3.63) is 232 Å². The third-order valence-corrected chi connectivity index (χ3v) is 26.2. The molecule has 0 bridgehead atoms. The summed E-state index contributed by atoms with van der Waals surface area (Å²) in [5.74, 6) is 1.34. The fraction of sp³-hybridized carbons (Fsp3) is 0.394. The van der Waals surface area contributed by atoms with Gasteiger partial charge in [0.25, 0.3) is 35.4 Å². The highest BCUT2D eigenvalue weighted by Gasteiger charge is 2.45. The maximum atomic E-state index is 12.9. The summed E-state index contributed by atoms with van der Waals surface area (Å²) in [6.45, 7) is 8.37. The van der Waals surface area contributed by atoms with Crippen molar-refractivity contribution in [3.63, 3.8) is 0 Å². The molecule has 706 valence electrons. The number of aromatic nitrogens is 10. The first kappa shape index (κ1) is 97.3. The Bertz CT molecular complexity index is 6180. The van der Waals surface area contributed by atoms with E-state index >= 15 is 0 Å². The number of hydrogen-bond donors (Lipinski definition) is 3. The van der Waals surface area contributed by atoms with Crippen molar-refractivity contribution < 1.29 is 80.0 Å². The summed E-state index contributed by atoms with van der Waals surface area (Å²) >= 11 is 6.76. The highest BCUT2D eigenvalue weighted by atomic mass is 79.9. The third-order valence-electron chi connectivity index (χ3n) is 24.8. The zero-order chi connectivity index (χ0) is 93.2. The van der Waals surface area contributed by atoms with Gasteiger partial charge < -0.3 is 58.4 Å². The number of anilines is 2. The fourth-order valence-corrected chi connectivity index (χ4v) is 19.3. The number of hydrogen-bond acceptors (Lipinski definition) is 30. The second-order valence-electron chi connectivity index (χ2n) is 33.9. The number of morpholine rings is 2. The van der Waals surface area contributed by atoms with E-state index in [1.54, 1.807) is 135 Å². The van der Waals surface area contributed by atoms with Crippen LogP contribution in [0.1, 0.15) is 192 Å². The Kier molecular flexibility index (Phi) is 33.0. The molecular weight excluding hydrogens is 1880 g/mol. The van der Waals surface area contributed by atoms with Crippen LogP contribution in [0, 0.1) is 0 Å². The number of nitrogens with zero attached hydrogens (tertiary/aromatic N) is 15. The van der Waals surface area contributed by atoms with Crippen LogP contribution in [0.4, 0.5) is 11.4 Å². The maximum absolute atomic E-state index is 12.9. The predicted molar refractivity (Wildman–Crippen MR) is 513 cm³/mol. The third kappa shape index (κ3) is 24.3. The molecule has 6 aliphatic heterocycles. The molecule has 36 heteroatoms. The monoisotopic (exact) mass is 1980 g/mol. The highest BCUT2D eigenvalue weighted by Crippen LogP contribution is 2.41. The zero-order valence-corrected chi connectivity index (χ0v) is 78.0. The first-order valence-electron chi connectivity index (χ1n) is 45.4. The van der Waals surface area contributed by atoms with Crippen LogP contribution in [0.15, 0.2) is 198 Å². The number of aliphatic hydroxyl groups is 1. The van der Waals surface area contributed by atoms with Gasteiger partial charge in [-0.1, -0.05) is 75.7 Å². The predicted octanol–water partition coefficient (Wildman–Crippen LogP) is 15.3. The van der Waals surface area contributed by atoms with Gasteiger partial charge in [-0.15, -0.1) is 0 Å². The van der Waals surface area contributed by atoms with Crippen LogP contribution >= 0.6 is 31.9 Å². The highest BCUT2D eigenvalue weighted by molar-refractivity contribution is 9.10. The minimum atomic E-state index is -3.50. The summed E-state index contributed by atoms with van der Waals surface area (Å²) < 4.78 is 62.1. The summed E-state index contributed by atoms with van der Waals surface area (Å²) in [5, 5.41) is 18.9. The van der Waals surface area contributed by atoms with Crippen LogP contribution < -0.4 is 33.9 Å². The van der Waals surface area contributed by atoms with E-state index in [1.807, 2.05) is 18.2 Å². The SMILES string of the molecule is C.C1CCOCC1.CS(=O)(=O)Oc1ncccn1.NC1CCC(Oc2cc(N3CCOCC3)cc3nccnc23)CC1.O=C1c2ccccc2C(=O)N1C1CCC(O)CC1.O=C1c2ccccc2C(=O)N1C1CCC(Oc2cc(Br)cc3nccnc23)CC1.O=C1c2ccccc2C(=O)N1C1CCC(Oc2cc(N3CCOCC3)cc3nccnc23)CC1.Oc1cc(Br)cc2nccnc12. The summed E-state index contributed by atoms with van der Waals surface area (Å²) in [5.41, 5.74) is 17.3. The molecule has 0 unspecified atom stereocenters. The lowest BCUT2D eigenvalue weighted by Gasteiger charge is -2.34. The van der Waals surface area contributed by atoms with Gasteiger partial charge in [0.2, 0.25) is 0 Å². The Morgan fingerprint density at radius 1 is 0.370 bits per heavy atom. The Morgan fingerprint density at radius 3 is 1.03 bits per heavy atom. The lowest BCUT2D eigenvalue weighted by molar-refractivity contribution is 0.0445. The van der Waals surface area contributed by atoms with Crippen molar-refractivity contribution in [1.29, 1.82) is 0 Å². The lowest BCUT2D eigenvalue weighted by Crippen LogP contribution is -2.43. The van der Waals surface area contributed by atoms with Crippen molar-refractivity contribution in [2.45, 2.75) is 178 Å². The first-order chi connectivity index (χ1) is 65.1. The molecule has 0 spiro atoms. The molecule has 4 aliphatic carbocycles. The Morgan fingerprint density at radius 2 is 0.681 bits per heavy atom. The largest absolute Gasteiger partial charge is 0.506 e. The van der Waals surface area contributed by atoms with Gasteiger partial charge in [-0.05, 0) is 201 Å². The van der Waals surface area contributed by atoms with Crippen molar-refractivity contribution in [1.82, 2.24) is 64.5 Å². The minimum absolute atomic E-state index is 0. The molecule has 33 nitrogen and oxygen atoms in total. The van der Waals surface area contributed by atoms with E-state index < -0.39 is 10.1 Å². The van der Waals surface area contributed by atoms with Crippen molar-refractivity contribution in [2.75, 3.05) is 81.9 Å². The number of aliphatic hydroxyl groups excluding tert-OH is 1. The number of carbonyl (C=O) groups is 6. The molecule has 4 N–H and O–H groups in total.